The Labute approximate surface area is 125 Å². The van der Waals surface area contributed by atoms with Crippen molar-refractivity contribution >= 4 is 17.9 Å². The van der Waals surface area contributed by atoms with Crippen LogP contribution in [0.4, 0.5) is 5.69 Å². The summed E-state index contributed by atoms with van der Waals surface area (Å²) in [5.74, 6) is 0.521. The Morgan fingerprint density at radius 1 is 1.48 bits per heavy atom. The molecule has 0 spiro atoms. The molecule has 1 unspecified atom stereocenters. The average molecular weight is 290 g/mol. The van der Waals surface area contributed by atoms with E-state index < -0.39 is 0 Å². The number of benzene rings is 1. The van der Waals surface area contributed by atoms with Crippen LogP contribution in [0.3, 0.4) is 0 Å². The third-order valence-electron chi connectivity index (χ3n) is 3.80. The number of nitrogens with one attached hydrogen (secondary N) is 1. The third-order valence-corrected chi connectivity index (χ3v) is 3.80. The molecule has 1 amide bonds. The molecule has 1 aliphatic rings. The van der Waals surface area contributed by atoms with Gasteiger partial charge in [-0.3, -0.25) is 9.69 Å². The van der Waals surface area contributed by atoms with Crippen molar-refractivity contribution in [2.24, 2.45) is 0 Å². The Kier molecular flexibility index (Phi) is 5.33. The molecule has 0 saturated carbocycles. The summed E-state index contributed by atoms with van der Waals surface area (Å²) < 4.78 is 5.25. The molecule has 0 bridgehead atoms. The lowest BCUT2D eigenvalue weighted by atomic mass is 10.0. The maximum absolute atomic E-state index is 12.2. The van der Waals surface area contributed by atoms with Gasteiger partial charge in [0.2, 0.25) is 5.91 Å². The lowest BCUT2D eigenvalue weighted by Gasteiger charge is -2.31. The molecular formula is C16H22N2O3. The van der Waals surface area contributed by atoms with Crippen molar-refractivity contribution in [3.8, 4) is 5.75 Å². The van der Waals surface area contributed by atoms with Crippen LogP contribution in [0.25, 0.3) is 0 Å². The molecule has 1 heterocycles. The van der Waals surface area contributed by atoms with Gasteiger partial charge in [-0.15, -0.1) is 0 Å². The molecule has 1 N–H and O–H groups in total. The number of anilines is 1. The Balaban J connectivity index is 2.01. The SMILES string of the molecule is COc1ccc(C)cc1NC(=O)CN1CCCCC1C=O. The van der Waals surface area contributed by atoms with E-state index in [1.165, 1.54) is 0 Å². The number of amides is 1. The minimum Gasteiger partial charge on any atom is -0.495 e. The van der Waals surface area contributed by atoms with Crippen LogP contribution in [-0.4, -0.2) is 43.3 Å². The maximum atomic E-state index is 12.2. The van der Waals surface area contributed by atoms with E-state index in [0.717, 1.165) is 37.7 Å². The van der Waals surface area contributed by atoms with Crippen LogP contribution in [0.15, 0.2) is 18.2 Å². The number of carbonyl (C=O) groups excluding carboxylic acids is 2. The summed E-state index contributed by atoms with van der Waals surface area (Å²) in [6, 6.07) is 5.51. The minimum atomic E-state index is -0.135. The van der Waals surface area contributed by atoms with Crippen molar-refractivity contribution in [2.75, 3.05) is 25.5 Å². The number of nitrogens with zero attached hydrogens (tertiary/aromatic N) is 1. The van der Waals surface area contributed by atoms with E-state index in [2.05, 4.69) is 5.32 Å². The molecular weight excluding hydrogens is 268 g/mol. The number of rotatable bonds is 5. The number of piperidine rings is 1. The molecule has 1 aromatic carbocycles. The van der Waals surface area contributed by atoms with Gasteiger partial charge in [-0.2, -0.15) is 0 Å². The summed E-state index contributed by atoms with van der Waals surface area (Å²) in [6.45, 7) is 2.99. The highest BCUT2D eigenvalue weighted by molar-refractivity contribution is 5.94. The zero-order valence-corrected chi connectivity index (χ0v) is 12.6. The Bertz CT molecular complexity index is 516. The lowest BCUT2D eigenvalue weighted by Crippen LogP contribution is -2.44. The van der Waals surface area contributed by atoms with Crippen LogP contribution < -0.4 is 10.1 Å². The molecule has 5 nitrogen and oxygen atoms in total. The highest BCUT2D eigenvalue weighted by Gasteiger charge is 2.23. The number of methoxy groups -OCH3 is 1. The molecule has 1 aliphatic heterocycles. The molecule has 0 aliphatic carbocycles. The first-order valence-electron chi connectivity index (χ1n) is 7.28. The fourth-order valence-corrected chi connectivity index (χ4v) is 2.66. The number of likely N-dealkylation sites (tertiary alicyclic amines) is 1. The molecule has 1 aromatic rings. The van der Waals surface area contributed by atoms with E-state index in [9.17, 15) is 9.59 Å². The Morgan fingerprint density at radius 2 is 2.29 bits per heavy atom. The molecule has 5 heteroatoms. The number of hydrogen-bond donors (Lipinski definition) is 1. The fraction of sp³-hybridized carbons (Fsp3) is 0.500. The van der Waals surface area contributed by atoms with Crippen molar-refractivity contribution in [3.05, 3.63) is 23.8 Å². The second-order valence-electron chi connectivity index (χ2n) is 5.42. The van der Waals surface area contributed by atoms with Gasteiger partial charge in [-0.05, 0) is 44.0 Å². The van der Waals surface area contributed by atoms with Gasteiger partial charge >= 0.3 is 0 Å². The monoisotopic (exact) mass is 290 g/mol. The zero-order valence-electron chi connectivity index (χ0n) is 12.6. The van der Waals surface area contributed by atoms with E-state index in [4.69, 9.17) is 4.74 Å². The van der Waals surface area contributed by atoms with Crippen LogP contribution >= 0.6 is 0 Å². The lowest BCUT2D eigenvalue weighted by molar-refractivity contribution is -0.120. The predicted molar refractivity (Wildman–Crippen MR) is 81.6 cm³/mol. The quantitative estimate of drug-likeness (QED) is 0.843. The van der Waals surface area contributed by atoms with Gasteiger partial charge in [0.25, 0.3) is 0 Å². The second kappa shape index (κ2) is 7.22. The molecule has 114 valence electrons. The van der Waals surface area contributed by atoms with Crippen LogP contribution in [-0.2, 0) is 9.59 Å². The first-order valence-corrected chi connectivity index (χ1v) is 7.28. The number of aldehydes is 1. The maximum Gasteiger partial charge on any atom is 0.238 e. The summed E-state index contributed by atoms with van der Waals surface area (Å²) >= 11 is 0. The van der Waals surface area contributed by atoms with E-state index >= 15 is 0 Å². The summed E-state index contributed by atoms with van der Waals surface area (Å²) in [7, 11) is 1.58. The van der Waals surface area contributed by atoms with Crippen molar-refractivity contribution < 1.29 is 14.3 Å². The van der Waals surface area contributed by atoms with Crippen molar-refractivity contribution in [2.45, 2.75) is 32.2 Å². The Hall–Kier alpha value is -1.88. The van der Waals surface area contributed by atoms with Crippen molar-refractivity contribution in [3.63, 3.8) is 0 Å². The van der Waals surface area contributed by atoms with E-state index in [-0.39, 0.29) is 18.5 Å². The largest absolute Gasteiger partial charge is 0.495 e. The van der Waals surface area contributed by atoms with E-state index in [1.54, 1.807) is 7.11 Å². The zero-order chi connectivity index (χ0) is 15.2. The second-order valence-corrected chi connectivity index (χ2v) is 5.42. The summed E-state index contributed by atoms with van der Waals surface area (Å²) in [5, 5.41) is 2.87. The molecule has 21 heavy (non-hydrogen) atoms. The van der Waals surface area contributed by atoms with Crippen molar-refractivity contribution in [1.82, 2.24) is 4.90 Å². The van der Waals surface area contributed by atoms with Crippen LogP contribution in [0.5, 0.6) is 5.75 Å². The first kappa shape index (κ1) is 15.5. The van der Waals surface area contributed by atoms with Gasteiger partial charge in [-0.1, -0.05) is 12.5 Å². The molecule has 0 aromatic heterocycles. The fourth-order valence-electron chi connectivity index (χ4n) is 2.66. The number of hydrogen-bond acceptors (Lipinski definition) is 4. The predicted octanol–water partition coefficient (Wildman–Crippen LogP) is 2.00. The standard InChI is InChI=1S/C16H22N2O3/c1-12-6-7-15(21-2)14(9-12)17-16(20)10-18-8-4-3-5-13(18)11-19/h6-7,9,11,13H,3-5,8,10H2,1-2H3,(H,17,20). The average Bonchev–Trinajstić information content (AvgIpc) is 2.48. The molecule has 1 atom stereocenters. The summed E-state index contributed by atoms with van der Waals surface area (Å²) in [6.07, 6.45) is 3.86. The smallest absolute Gasteiger partial charge is 0.238 e. The Morgan fingerprint density at radius 3 is 3.00 bits per heavy atom. The third kappa shape index (κ3) is 4.04. The summed E-state index contributed by atoms with van der Waals surface area (Å²) in [5.41, 5.74) is 1.72. The van der Waals surface area contributed by atoms with Gasteiger partial charge in [0.05, 0.1) is 25.4 Å². The summed E-state index contributed by atoms with van der Waals surface area (Å²) in [4.78, 5) is 25.2. The van der Waals surface area contributed by atoms with Crippen LogP contribution in [0, 0.1) is 6.92 Å². The highest BCUT2D eigenvalue weighted by Crippen LogP contribution is 2.25. The molecule has 1 saturated heterocycles. The van der Waals surface area contributed by atoms with Crippen molar-refractivity contribution in [1.29, 1.82) is 0 Å². The highest BCUT2D eigenvalue weighted by atomic mass is 16.5. The van der Waals surface area contributed by atoms with E-state index in [1.807, 2.05) is 30.0 Å². The normalized spacial score (nSPS) is 19.0. The van der Waals surface area contributed by atoms with E-state index in [0.29, 0.717) is 11.4 Å². The number of ether oxygens (including phenoxy) is 1. The molecule has 0 radical (unpaired) electrons. The minimum absolute atomic E-state index is 0.118. The van der Waals surface area contributed by atoms with Crippen LogP contribution in [0.1, 0.15) is 24.8 Å². The van der Waals surface area contributed by atoms with Gasteiger partial charge in [-0.25, -0.2) is 0 Å². The van der Waals surface area contributed by atoms with Gasteiger partial charge < -0.3 is 14.8 Å². The topological polar surface area (TPSA) is 58.6 Å². The molecule has 2 rings (SSSR count). The van der Waals surface area contributed by atoms with Gasteiger partial charge in [0.1, 0.15) is 12.0 Å². The van der Waals surface area contributed by atoms with Crippen LogP contribution in [0.2, 0.25) is 0 Å². The molecule has 1 fully saturated rings. The van der Waals surface area contributed by atoms with Gasteiger partial charge in [0, 0.05) is 0 Å². The van der Waals surface area contributed by atoms with Gasteiger partial charge in [0.15, 0.2) is 0 Å². The number of carbonyl (C=O) groups is 2. The number of aryl methyl sites for hydroxylation is 1. The first-order chi connectivity index (χ1) is 10.1.